The molecule has 0 N–H and O–H groups in total. The Morgan fingerprint density at radius 3 is 1.11 bits per heavy atom. The molecule has 0 unspecified atom stereocenters. The van der Waals surface area contributed by atoms with Crippen LogP contribution in [0, 0.1) is 0 Å². The number of benzene rings is 13. The minimum Gasteiger partial charge on any atom is -0.0622 e. The van der Waals surface area contributed by atoms with Crippen molar-refractivity contribution in [3.63, 3.8) is 0 Å². The molecule has 0 aliphatic heterocycles. The summed E-state index contributed by atoms with van der Waals surface area (Å²) in [6, 6.07) is 74.3. The lowest BCUT2D eigenvalue weighted by Crippen LogP contribution is -1.87. The highest BCUT2D eigenvalue weighted by Crippen LogP contribution is 2.55. The van der Waals surface area contributed by atoms with Crippen LogP contribution in [0.3, 0.4) is 0 Å². The zero-order valence-corrected chi connectivity index (χ0v) is 34.5. The van der Waals surface area contributed by atoms with Gasteiger partial charge in [0.2, 0.25) is 0 Å². The van der Waals surface area contributed by atoms with Crippen molar-refractivity contribution in [1.82, 2.24) is 0 Å². The van der Waals surface area contributed by atoms with Crippen molar-refractivity contribution in [1.29, 1.82) is 0 Å². The normalized spacial score (nSPS) is 13.0. The van der Waals surface area contributed by atoms with Crippen LogP contribution in [0.2, 0.25) is 0 Å². The molecule has 17 rings (SSSR count). The highest BCUT2D eigenvalue weighted by atomic mass is 14.3. The maximum Gasteiger partial charge on any atom is -0.000762 e. The van der Waals surface area contributed by atoms with E-state index < -0.39 is 0 Å². The Kier molecular flexibility index (Phi) is 5.57. The van der Waals surface area contributed by atoms with E-state index in [0.29, 0.717) is 0 Å². The molecule has 0 amide bonds. The zero-order valence-electron chi connectivity index (χ0n) is 34.5. The molecular weight excluding hydrogens is 769 g/mol. The predicted molar refractivity (Wildman–Crippen MR) is 278 cm³/mol. The molecule has 0 saturated carbocycles. The first kappa shape index (κ1) is 32.4. The molecule has 64 heavy (non-hydrogen) atoms. The Hall–Kier alpha value is -8.32. The summed E-state index contributed by atoms with van der Waals surface area (Å²) in [5.41, 5.74) is 5.04. The maximum atomic E-state index is 2.53. The van der Waals surface area contributed by atoms with Crippen LogP contribution in [-0.4, -0.2) is 0 Å². The van der Waals surface area contributed by atoms with Crippen molar-refractivity contribution in [3.8, 4) is 22.3 Å². The molecule has 0 heteroatoms. The van der Waals surface area contributed by atoms with Crippen LogP contribution < -0.4 is 0 Å². The van der Waals surface area contributed by atoms with Crippen LogP contribution in [-0.2, 0) is 0 Å². The van der Waals surface area contributed by atoms with Crippen molar-refractivity contribution in [2.24, 2.45) is 0 Å². The Labute approximate surface area is 365 Å². The summed E-state index contributed by atoms with van der Waals surface area (Å²) < 4.78 is 0. The molecule has 17 aromatic carbocycles. The topological polar surface area (TPSA) is 0 Å². The van der Waals surface area contributed by atoms with E-state index in [-0.39, 0.29) is 0 Å². The van der Waals surface area contributed by atoms with Crippen LogP contribution in [0.25, 0.3) is 173 Å². The zero-order chi connectivity index (χ0) is 41.1. The van der Waals surface area contributed by atoms with Crippen LogP contribution in [0.1, 0.15) is 0 Å². The van der Waals surface area contributed by atoms with Crippen LogP contribution in [0.15, 0.2) is 194 Å². The van der Waals surface area contributed by atoms with E-state index >= 15 is 0 Å². The Morgan fingerprint density at radius 2 is 0.531 bits per heavy atom. The first-order valence-corrected chi connectivity index (χ1v) is 22.6. The van der Waals surface area contributed by atoms with E-state index in [4.69, 9.17) is 0 Å². The van der Waals surface area contributed by atoms with Gasteiger partial charge in [-0.05, 0) is 197 Å². The van der Waals surface area contributed by atoms with Gasteiger partial charge in [0, 0.05) is 0 Å². The van der Waals surface area contributed by atoms with E-state index in [9.17, 15) is 0 Å². The van der Waals surface area contributed by atoms with E-state index in [2.05, 4.69) is 194 Å². The second-order valence-corrected chi connectivity index (χ2v) is 18.5. The van der Waals surface area contributed by atoms with E-state index in [1.54, 1.807) is 0 Å². The predicted octanol–water partition coefficient (Wildman–Crippen LogP) is 18.4. The molecular formula is C64H32. The summed E-state index contributed by atoms with van der Waals surface area (Å²) in [4.78, 5) is 0. The second kappa shape index (κ2) is 11.0. The summed E-state index contributed by atoms with van der Waals surface area (Å²) in [5, 5.41) is 38.0. The Balaban J connectivity index is 1.00. The van der Waals surface area contributed by atoms with Crippen molar-refractivity contribution in [2.75, 3.05) is 0 Å². The van der Waals surface area contributed by atoms with Gasteiger partial charge in [0.1, 0.15) is 0 Å². The molecule has 0 spiro atoms. The van der Waals surface area contributed by atoms with Gasteiger partial charge in [-0.25, -0.2) is 0 Å². The SMILES string of the molecule is c1ccc(-c2ccc3c(c2)c2ccc(-c4ccccc4)c4cc5c6ccc7c8ccc9c%10cc%11c(cc%10c%10ccc(c%12ccc(c6c7%12)c5c3c42)c8c9%10)c2cccc3cccc%11c32)cc1. The van der Waals surface area contributed by atoms with Gasteiger partial charge in [-0.15, -0.1) is 0 Å². The highest BCUT2D eigenvalue weighted by molar-refractivity contribution is 6.50. The third kappa shape index (κ3) is 3.66. The molecule has 0 aliphatic rings. The summed E-state index contributed by atoms with van der Waals surface area (Å²) in [7, 11) is 0. The summed E-state index contributed by atoms with van der Waals surface area (Å²) in [5.74, 6) is 0. The van der Waals surface area contributed by atoms with E-state index in [0.717, 1.165) is 0 Å². The molecule has 0 atom stereocenters. The van der Waals surface area contributed by atoms with Gasteiger partial charge < -0.3 is 0 Å². The average molecular weight is 801 g/mol. The molecule has 0 aromatic heterocycles. The number of hydrogen-bond acceptors (Lipinski definition) is 0. The monoisotopic (exact) mass is 800 g/mol. The van der Waals surface area contributed by atoms with Gasteiger partial charge in [0.15, 0.2) is 0 Å². The highest BCUT2D eigenvalue weighted by Gasteiger charge is 2.26. The third-order valence-corrected chi connectivity index (χ3v) is 15.8. The van der Waals surface area contributed by atoms with Crippen LogP contribution in [0.4, 0.5) is 0 Å². The lowest BCUT2D eigenvalue weighted by atomic mass is 9.88. The summed E-state index contributed by atoms with van der Waals surface area (Å²) >= 11 is 0. The van der Waals surface area contributed by atoms with Gasteiger partial charge >= 0.3 is 0 Å². The molecule has 0 nitrogen and oxygen atoms in total. The quantitative estimate of drug-likeness (QED) is 0.121. The van der Waals surface area contributed by atoms with Gasteiger partial charge in [-0.3, -0.25) is 0 Å². The smallest absolute Gasteiger partial charge is 0.000762 e. The molecule has 0 saturated heterocycles. The first-order chi connectivity index (χ1) is 31.8. The van der Waals surface area contributed by atoms with Crippen LogP contribution >= 0.6 is 0 Å². The minimum absolute atomic E-state index is 1.25. The van der Waals surface area contributed by atoms with Crippen molar-refractivity contribution in [2.45, 2.75) is 0 Å². The molecule has 17 aromatic rings. The molecule has 0 bridgehead atoms. The van der Waals surface area contributed by atoms with Gasteiger partial charge in [0.25, 0.3) is 0 Å². The Bertz CT molecular complexity index is 4710. The van der Waals surface area contributed by atoms with Crippen molar-refractivity contribution < 1.29 is 0 Å². The number of hydrogen-bond donors (Lipinski definition) is 0. The fraction of sp³-hybridized carbons (Fsp3) is 0. The fourth-order valence-corrected chi connectivity index (χ4v) is 13.2. The van der Waals surface area contributed by atoms with Crippen LogP contribution in [0.5, 0.6) is 0 Å². The van der Waals surface area contributed by atoms with E-state index in [1.165, 1.54) is 173 Å². The third-order valence-electron chi connectivity index (χ3n) is 15.8. The molecule has 0 aliphatic carbocycles. The maximum absolute atomic E-state index is 2.53. The molecule has 0 heterocycles. The lowest BCUT2D eigenvalue weighted by Gasteiger charge is -2.15. The number of rotatable bonds is 2. The summed E-state index contributed by atoms with van der Waals surface area (Å²) in [6.45, 7) is 0. The average Bonchev–Trinajstić information content (AvgIpc) is 4.07. The molecule has 0 radical (unpaired) electrons. The summed E-state index contributed by atoms with van der Waals surface area (Å²) in [6.07, 6.45) is 0. The standard InChI is InChI=1S/C64H32/c1-3-9-33(10-4-1)36-17-18-47-50(29-36)44-20-19-37(34-11-5-2-6-12-34)55-32-56-48-26-23-42-40-21-24-45-53-30-51-38-15-7-13-35-14-8-16-39(57(35)38)52(51)31-54(53)46-25-22-41(58(40)60(45)46)43-27-28-49(61(48)59(42)43)63(56)64(47)62(44)55/h1-32H. The van der Waals surface area contributed by atoms with Crippen molar-refractivity contribution >= 4 is 151 Å². The van der Waals surface area contributed by atoms with Crippen molar-refractivity contribution in [3.05, 3.63) is 194 Å². The lowest BCUT2D eigenvalue weighted by molar-refractivity contribution is 1.66. The van der Waals surface area contributed by atoms with Gasteiger partial charge in [0.05, 0.1) is 0 Å². The Morgan fingerprint density at radius 1 is 0.156 bits per heavy atom. The van der Waals surface area contributed by atoms with E-state index in [1.807, 2.05) is 0 Å². The number of fused-ring (bicyclic) bond motifs is 15. The van der Waals surface area contributed by atoms with Gasteiger partial charge in [-0.2, -0.15) is 0 Å². The van der Waals surface area contributed by atoms with Gasteiger partial charge in [-0.1, -0.05) is 170 Å². The molecule has 0 fully saturated rings. The first-order valence-electron chi connectivity index (χ1n) is 22.6. The minimum atomic E-state index is 1.25. The second-order valence-electron chi connectivity index (χ2n) is 18.5. The molecule has 288 valence electrons. The fourth-order valence-electron chi connectivity index (χ4n) is 13.2. The largest absolute Gasteiger partial charge is 0.0622 e.